The van der Waals surface area contributed by atoms with E-state index in [1.807, 2.05) is 18.5 Å². The highest BCUT2D eigenvalue weighted by atomic mass is 15.3. The van der Waals surface area contributed by atoms with Crippen molar-refractivity contribution >= 4 is 5.95 Å². The van der Waals surface area contributed by atoms with E-state index in [2.05, 4.69) is 52.8 Å². The minimum atomic E-state index is 0.278. The Morgan fingerprint density at radius 2 is 1.81 bits per heavy atom. The number of anilines is 1. The normalized spacial score (nSPS) is 25.7. The van der Waals surface area contributed by atoms with E-state index in [4.69, 9.17) is 0 Å². The number of hydrogen-bond acceptors (Lipinski definition) is 5. The van der Waals surface area contributed by atoms with Crippen molar-refractivity contribution in [2.24, 2.45) is 11.8 Å². The number of rotatable bonds is 6. The largest absolute Gasteiger partial charge is 0.338 e. The van der Waals surface area contributed by atoms with Crippen molar-refractivity contribution in [1.29, 1.82) is 0 Å². The number of hydrogen-bond donors (Lipinski definition) is 1. The van der Waals surface area contributed by atoms with E-state index >= 15 is 0 Å². The van der Waals surface area contributed by atoms with Crippen LogP contribution in [0.1, 0.15) is 53.4 Å². The van der Waals surface area contributed by atoms with Gasteiger partial charge in [0.1, 0.15) is 0 Å². The minimum Gasteiger partial charge on any atom is -0.338 e. The molecule has 5 heteroatoms. The Kier molecular flexibility index (Phi) is 6.51. The second-order valence-corrected chi connectivity index (χ2v) is 8.97. The molecule has 2 fully saturated rings. The third kappa shape index (κ3) is 4.74. The standard InChI is InChI=1S/C21H37N5/c1-17(2)24-16-18-7-5-8-19(15-18)21(3,4)26-13-11-25(12-14-26)20-22-9-6-10-23-20/h6,9-10,17-19,24H,5,7-8,11-16H2,1-4H3. The molecule has 0 spiro atoms. The Labute approximate surface area is 159 Å². The highest BCUT2D eigenvalue weighted by molar-refractivity contribution is 5.29. The average molecular weight is 360 g/mol. The van der Waals surface area contributed by atoms with E-state index < -0.39 is 0 Å². The van der Waals surface area contributed by atoms with Gasteiger partial charge < -0.3 is 10.2 Å². The molecule has 1 aromatic rings. The van der Waals surface area contributed by atoms with Crippen molar-refractivity contribution in [3.8, 4) is 0 Å². The molecule has 2 aliphatic rings. The summed E-state index contributed by atoms with van der Waals surface area (Å²) in [4.78, 5) is 13.9. The summed E-state index contributed by atoms with van der Waals surface area (Å²) in [6.45, 7) is 14.9. The molecule has 1 saturated heterocycles. The van der Waals surface area contributed by atoms with Gasteiger partial charge in [-0.25, -0.2) is 9.97 Å². The van der Waals surface area contributed by atoms with E-state index in [0.717, 1.165) is 44.0 Å². The monoisotopic (exact) mass is 359 g/mol. The molecule has 5 nitrogen and oxygen atoms in total. The molecule has 1 N–H and O–H groups in total. The number of nitrogens with zero attached hydrogens (tertiary/aromatic N) is 4. The van der Waals surface area contributed by atoms with Gasteiger partial charge in [-0.05, 0) is 57.6 Å². The Balaban J connectivity index is 1.54. The summed E-state index contributed by atoms with van der Waals surface area (Å²) < 4.78 is 0. The van der Waals surface area contributed by atoms with E-state index in [1.54, 1.807) is 0 Å². The van der Waals surface area contributed by atoms with Crippen LogP contribution in [0.3, 0.4) is 0 Å². The van der Waals surface area contributed by atoms with Crippen molar-refractivity contribution in [2.75, 3.05) is 37.6 Å². The fourth-order valence-corrected chi connectivity index (χ4v) is 4.72. The predicted molar refractivity (Wildman–Crippen MR) is 108 cm³/mol. The van der Waals surface area contributed by atoms with Crippen LogP contribution >= 0.6 is 0 Å². The fourth-order valence-electron chi connectivity index (χ4n) is 4.72. The Bertz CT molecular complexity index is 537. The van der Waals surface area contributed by atoms with Gasteiger partial charge in [0.25, 0.3) is 0 Å². The van der Waals surface area contributed by atoms with Gasteiger partial charge in [-0.1, -0.05) is 20.3 Å². The van der Waals surface area contributed by atoms with Crippen LogP contribution in [0.25, 0.3) is 0 Å². The number of aromatic nitrogens is 2. The lowest BCUT2D eigenvalue weighted by molar-refractivity contribution is 0.0274. The lowest BCUT2D eigenvalue weighted by atomic mass is 9.71. The van der Waals surface area contributed by atoms with E-state index in [1.165, 1.54) is 32.2 Å². The summed E-state index contributed by atoms with van der Waals surface area (Å²) in [5.74, 6) is 2.52. The fraction of sp³-hybridized carbons (Fsp3) is 0.810. The molecule has 3 rings (SSSR count). The van der Waals surface area contributed by atoms with Gasteiger partial charge in [0.2, 0.25) is 5.95 Å². The predicted octanol–water partition coefficient (Wildman–Crippen LogP) is 3.18. The molecule has 0 radical (unpaired) electrons. The van der Waals surface area contributed by atoms with Crippen molar-refractivity contribution in [3.05, 3.63) is 18.5 Å². The molecule has 1 aromatic heterocycles. The van der Waals surface area contributed by atoms with Crippen molar-refractivity contribution in [3.63, 3.8) is 0 Å². The maximum Gasteiger partial charge on any atom is 0.225 e. The maximum atomic E-state index is 4.41. The number of nitrogens with one attached hydrogen (secondary N) is 1. The smallest absolute Gasteiger partial charge is 0.225 e. The van der Waals surface area contributed by atoms with Crippen LogP contribution in [-0.4, -0.2) is 59.2 Å². The second-order valence-electron chi connectivity index (χ2n) is 8.97. The van der Waals surface area contributed by atoms with Crippen molar-refractivity contribution < 1.29 is 0 Å². The summed E-state index contributed by atoms with van der Waals surface area (Å²) in [6, 6.07) is 2.48. The second kappa shape index (κ2) is 8.66. The Morgan fingerprint density at radius 3 is 2.46 bits per heavy atom. The SMILES string of the molecule is CC(C)NCC1CCCC(C(C)(C)N2CCN(c3ncccn3)CC2)C1. The zero-order chi connectivity index (χ0) is 18.6. The molecule has 1 aliphatic carbocycles. The molecule has 0 amide bonds. The quantitative estimate of drug-likeness (QED) is 0.845. The van der Waals surface area contributed by atoms with E-state index in [-0.39, 0.29) is 5.54 Å². The lowest BCUT2D eigenvalue weighted by Crippen LogP contribution is -2.58. The highest BCUT2D eigenvalue weighted by Crippen LogP contribution is 2.39. The zero-order valence-electron chi connectivity index (χ0n) is 17.1. The summed E-state index contributed by atoms with van der Waals surface area (Å²) >= 11 is 0. The van der Waals surface area contributed by atoms with Crippen LogP contribution in [-0.2, 0) is 0 Å². The van der Waals surface area contributed by atoms with Crippen molar-refractivity contribution in [2.45, 2.75) is 65.0 Å². The first kappa shape index (κ1) is 19.6. The first-order valence-corrected chi connectivity index (χ1v) is 10.5. The zero-order valence-corrected chi connectivity index (χ0v) is 17.1. The molecule has 1 saturated carbocycles. The molecular formula is C21H37N5. The topological polar surface area (TPSA) is 44.3 Å². The number of piperazine rings is 1. The summed E-state index contributed by atoms with van der Waals surface area (Å²) in [5.41, 5.74) is 0.278. The average Bonchev–Trinajstić information content (AvgIpc) is 2.67. The first-order valence-electron chi connectivity index (χ1n) is 10.5. The summed E-state index contributed by atoms with van der Waals surface area (Å²) in [6.07, 6.45) is 9.21. The molecular weight excluding hydrogens is 322 g/mol. The minimum absolute atomic E-state index is 0.278. The van der Waals surface area contributed by atoms with Crippen LogP contribution in [0.5, 0.6) is 0 Å². The van der Waals surface area contributed by atoms with Gasteiger partial charge in [-0.2, -0.15) is 0 Å². The lowest BCUT2D eigenvalue weighted by Gasteiger charge is -2.50. The third-order valence-corrected chi connectivity index (χ3v) is 6.53. The van der Waals surface area contributed by atoms with E-state index in [0.29, 0.717) is 6.04 Å². The van der Waals surface area contributed by atoms with Gasteiger partial charge in [-0.15, -0.1) is 0 Å². The van der Waals surface area contributed by atoms with Crippen LogP contribution < -0.4 is 10.2 Å². The van der Waals surface area contributed by atoms with Crippen molar-refractivity contribution in [1.82, 2.24) is 20.2 Å². The van der Waals surface area contributed by atoms with E-state index in [9.17, 15) is 0 Å². The van der Waals surface area contributed by atoms with Gasteiger partial charge in [0.05, 0.1) is 0 Å². The first-order chi connectivity index (χ1) is 12.5. The van der Waals surface area contributed by atoms with Gasteiger partial charge in [0.15, 0.2) is 0 Å². The molecule has 0 aromatic carbocycles. The van der Waals surface area contributed by atoms with Gasteiger partial charge >= 0.3 is 0 Å². The summed E-state index contributed by atoms with van der Waals surface area (Å²) in [7, 11) is 0. The van der Waals surface area contributed by atoms with Gasteiger partial charge in [-0.3, -0.25) is 4.90 Å². The molecule has 2 atom stereocenters. The molecule has 0 bridgehead atoms. The van der Waals surface area contributed by atoms with Crippen LogP contribution in [0.15, 0.2) is 18.5 Å². The Hall–Kier alpha value is -1.20. The molecule has 2 heterocycles. The molecule has 26 heavy (non-hydrogen) atoms. The highest BCUT2D eigenvalue weighted by Gasteiger charge is 2.39. The molecule has 146 valence electrons. The molecule has 1 aliphatic heterocycles. The van der Waals surface area contributed by atoms with Crippen LogP contribution in [0.2, 0.25) is 0 Å². The third-order valence-electron chi connectivity index (χ3n) is 6.53. The Morgan fingerprint density at radius 1 is 1.12 bits per heavy atom. The van der Waals surface area contributed by atoms with Gasteiger partial charge in [0, 0.05) is 50.2 Å². The summed E-state index contributed by atoms with van der Waals surface area (Å²) in [5, 5.41) is 3.66. The molecule has 2 unspecified atom stereocenters. The van der Waals surface area contributed by atoms with Crippen LogP contribution in [0, 0.1) is 11.8 Å². The maximum absolute atomic E-state index is 4.41. The van der Waals surface area contributed by atoms with Crippen LogP contribution in [0.4, 0.5) is 5.95 Å².